The van der Waals surface area contributed by atoms with Crippen LogP contribution in [-0.2, 0) is 5.60 Å². The lowest BCUT2D eigenvalue weighted by Gasteiger charge is -2.40. The van der Waals surface area contributed by atoms with Crippen LogP contribution in [-0.4, -0.2) is 0 Å². The van der Waals surface area contributed by atoms with Gasteiger partial charge in [-0.05, 0) is 64.3 Å². The fourth-order valence-corrected chi connectivity index (χ4v) is 5.04. The van der Waals surface area contributed by atoms with Crippen LogP contribution in [0, 0.1) is 5.82 Å². The third kappa shape index (κ3) is 3.36. The summed E-state index contributed by atoms with van der Waals surface area (Å²) in [6.07, 6.45) is 6.29. The Kier molecular flexibility index (Phi) is 4.91. The van der Waals surface area contributed by atoms with E-state index in [2.05, 4.69) is 36.4 Å². The smallest absolute Gasteiger partial charge is 0.175 e. The molecule has 1 aliphatic heterocycles. The molecule has 34 heavy (non-hydrogen) atoms. The molecule has 0 aromatic heterocycles. The van der Waals surface area contributed by atoms with E-state index >= 15 is 0 Å². The number of allylic oxidation sites excluding steroid dienone is 3. The van der Waals surface area contributed by atoms with Crippen LogP contribution < -0.4 is 4.74 Å². The van der Waals surface area contributed by atoms with Crippen LogP contribution in [0.15, 0.2) is 121 Å². The van der Waals surface area contributed by atoms with Gasteiger partial charge in [-0.1, -0.05) is 78.9 Å². The summed E-state index contributed by atoms with van der Waals surface area (Å²) in [7, 11) is 0. The van der Waals surface area contributed by atoms with Gasteiger partial charge in [-0.15, -0.1) is 0 Å². The molecule has 4 aromatic rings. The van der Waals surface area contributed by atoms with Crippen molar-refractivity contribution < 1.29 is 13.5 Å². The van der Waals surface area contributed by atoms with Crippen LogP contribution in [0.5, 0.6) is 5.75 Å². The Bertz CT molecular complexity index is 1480. The molecule has 0 bridgehead atoms. The highest BCUT2D eigenvalue weighted by molar-refractivity contribution is 6.01. The van der Waals surface area contributed by atoms with Gasteiger partial charge in [0.15, 0.2) is 5.60 Å². The average Bonchev–Trinajstić information content (AvgIpc) is 2.89. The minimum Gasteiger partial charge on any atom is -0.473 e. The zero-order chi connectivity index (χ0) is 23.1. The molecule has 3 heteroatoms. The topological polar surface area (TPSA) is 9.23 Å². The number of fused-ring (bicyclic) bond motifs is 3. The van der Waals surface area contributed by atoms with Gasteiger partial charge in [0.1, 0.15) is 17.4 Å². The first-order chi connectivity index (χ1) is 16.6. The molecule has 0 amide bonds. The second kappa shape index (κ2) is 8.11. The Morgan fingerprint density at radius 2 is 1.47 bits per heavy atom. The van der Waals surface area contributed by atoms with Gasteiger partial charge in [-0.2, -0.15) is 0 Å². The third-order valence-electron chi connectivity index (χ3n) is 6.71. The molecule has 0 fully saturated rings. The van der Waals surface area contributed by atoms with Crippen LogP contribution >= 0.6 is 0 Å². The molecule has 1 unspecified atom stereocenters. The molecule has 0 N–H and O–H groups in total. The number of hydrogen-bond donors (Lipinski definition) is 0. The minimum atomic E-state index is -0.981. The Labute approximate surface area is 197 Å². The number of ether oxygens (including phenoxy) is 1. The summed E-state index contributed by atoms with van der Waals surface area (Å²) < 4.78 is 34.7. The van der Waals surface area contributed by atoms with E-state index in [1.807, 2.05) is 42.5 Å². The molecule has 0 saturated heterocycles. The van der Waals surface area contributed by atoms with Crippen molar-refractivity contribution in [1.82, 2.24) is 0 Å². The van der Waals surface area contributed by atoms with Crippen LogP contribution in [0.1, 0.15) is 29.5 Å². The first-order valence-electron chi connectivity index (χ1n) is 11.5. The summed E-state index contributed by atoms with van der Waals surface area (Å²) in [5.74, 6) is 0.296. The summed E-state index contributed by atoms with van der Waals surface area (Å²) in [6.45, 7) is 0. The summed E-state index contributed by atoms with van der Waals surface area (Å²) >= 11 is 0. The predicted molar refractivity (Wildman–Crippen MR) is 133 cm³/mol. The van der Waals surface area contributed by atoms with Gasteiger partial charge < -0.3 is 4.74 Å². The van der Waals surface area contributed by atoms with Gasteiger partial charge in [0, 0.05) is 17.5 Å². The monoisotopic (exact) mass is 448 g/mol. The first-order valence-corrected chi connectivity index (χ1v) is 11.5. The van der Waals surface area contributed by atoms with Crippen LogP contribution in [0.4, 0.5) is 8.78 Å². The fourth-order valence-electron chi connectivity index (χ4n) is 5.04. The minimum absolute atomic E-state index is 0.146. The van der Waals surface area contributed by atoms with E-state index in [0.717, 1.165) is 44.4 Å². The van der Waals surface area contributed by atoms with Gasteiger partial charge in [-0.3, -0.25) is 0 Å². The largest absolute Gasteiger partial charge is 0.473 e. The van der Waals surface area contributed by atoms with Crippen molar-refractivity contribution in [2.75, 3.05) is 0 Å². The lowest BCUT2D eigenvalue weighted by molar-refractivity contribution is 0.150. The molecular weight excluding hydrogens is 426 g/mol. The molecule has 1 atom stereocenters. The zero-order valence-corrected chi connectivity index (χ0v) is 18.5. The third-order valence-corrected chi connectivity index (χ3v) is 6.71. The van der Waals surface area contributed by atoms with Crippen molar-refractivity contribution in [3.63, 3.8) is 0 Å². The highest BCUT2D eigenvalue weighted by atomic mass is 19.1. The molecule has 0 spiro atoms. The average molecular weight is 449 g/mol. The summed E-state index contributed by atoms with van der Waals surface area (Å²) in [6, 6.07) is 29.0. The van der Waals surface area contributed by atoms with E-state index in [9.17, 15) is 8.78 Å². The second-order valence-corrected chi connectivity index (χ2v) is 8.73. The lowest BCUT2D eigenvalue weighted by atomic mass is 9.76. The molecule has 4 aromatic carbocycles. The molecule has 1 heterocycles. The van der Waals surface area contributed by atoms with Crippen LogP contribution in [0.3, 0.4) is 0 Å². The maximum absolute atomic E-state index is 14.0. The molecule has 0 saturated carbocycles. The fraction of sp³-hybridized carbons (Fsp3) is 0.0968. The van der Waals surface area contributed by atoms with Gasteiger partial charge in [-0.25, -0.2) is 8.78 Å². The summed E-state index contributed by atoms with van der Waals surface area (Å²) in [5, 5.41) is 2.23. The van der Waals surface area contributed by atoms with E-state index in [1.54, 1.807) is 12.1 Å². The summed E-state index contributed by atoms with van der Waals surface area (Å²) in [5.41, 5.74) is 3.90. The Hall–Kier alpha value is -3.98. The van der Waals surface area contributed by atoms with Gasteiger partial charge in [0.2, 0.25) is 0 Å². The highest BCUT2D eigenvalue weighted by Crippen LogP contribution is 2.50. The molecule has 0 radical (unpaired) electrons. The SMILES string of the molecule is FC1=CC=C(C2(c3ccc(F)cc3)C=C(c3ccccc3)c3c(ccc4ccccc34)O2)CC1. The maximum Gasteiger partial charge on any atom is 0.175 e. The van der Waals surface area contributed by atoms with E-state index in [4.69, 9.17) is 4.74 Å². The number of halogens is 2. The van der Waals surface area contributed by atoms with Crippen molar-refractivity contribution in [3.05, 3.63) is 143 Å². The van der Waals surface area contributed by atoms with Crippen LogP contribution in [0.25, 0.3) is 16.3 Å². The standard InChI is InChI=1S/C31H22F2O/c32-25-15-11-23(12-16-25)31(24-13-17-26(33)18-14-24)20-28(21-6-2-1-3-7-21)30-27-9-5-4-8-22(27)10-19-29(30)34-31/h1-13,15-17,19-20H,14,18H2. The normalized spacial score (nSPS) is 19.5. The van der Waals surface area contributed by atoms with Crippen LogP contribution in [0.2, 0.25) is 0 Å². The second-order valence-electron chi connectivity index (χ2n) is 8.73. The molecule has 166 valence electrons. The number of hydrogen-bond acceptors (Lipinski definition) is 1. The lowest BCUT2D eigenvalue weighted by Crippen LogP contribution is -2.36. The Morgan fingerprint density at radius 3 is 2.24 bits per heavy atom. The van der Waals surface area contributed by atoms with Gasteiger partial charge in [0.25, 0.3) is 0 Å². The maximum atomic E-state index is 14.0. The van der Waals surface area contributed by atoms with Crippen molar-refractivity contribution in [2.24, 2.45) is 0 Å². The molecule has 1 aliphatic carbocycles. The van der Waals surface area contributed by atoms with Gasteiger partial charge >= 0.3 is 0 Å². The number of rotatable bonds is 3. The Balaban J connectivity index is 1.69. The molecule has 1 nitrogen and oxygen atoms in total. The number of benzene rings is 4. The predicted octanol–water partition coefficient (Wildman–Crippen LogP) is 8.27. The summed E-state index contributed by atoms with van der Waals surface area (Å²) in [4.78, 5) is 0. The molecule has 2 aliphatic rings. The molecular formula is C31H22F2O. The molecule has 6 rings (SSSR count). The van der Waals surface area contributed by atoms with Gasteiger partial charge in [0.05, 0.1) is 0 Å². The van der Waals surface area contributed by atoms with Crippen molar-refractivity contribution in [1.29, 1.82) is 0 Å². The van der Waals surface area contributed by atoms with Crippen molar-refractivity contribution in [2.45, 2.75) is 18.4 Å². The van der Waals surface area contributed by atoms with E-state index in [0.29, 0.717) is 12.8 Å². The quantitative estimate of drug-likeness (QED) is 0.306. The van der Waals surface area contributed by atoms with Crippen molar-refractivity contribution >= 4 is 16.3 Å². The van der Waals surface area contributed by atoms with Crippen molar-refractivity contribution in [3.8, 4) is 5.75 Å². The van der Waals surface area contributed by atoms with E-state index in [1.165, 1.54) is 18.2 Å². The van der Waals surface area contributed by atoms with E-state index < -0.39 is 5.60 Å². The first kappa shape index (κ1) is 20.6. The Morgan fingerprint density at radius 1 is 0.706 bits per heavy atom. The highest BCUT2D eigenvalue weighted by Gasteiger charge is 2.42. The van der Waals surface area contributed by atoms with E-state index in [-0.39, 0.29) is 11.6 Å². The zero-order valence-electron chi connectivity index (χ0n) is 18.5.